The van der Waals surface area contributed by atoms with Gasteiger partial charge in [-0.1, -0.05) is 0 Å². The first-order valence-electron chi connectivity index (χ1n) is 0.200. The summed E-state index contributed by atoms with van der Waals surface area (Å²) in [6.45, 7) is 0. The molecular weight excluding hydrogens is 185 g/mol. The van der Waals surface area contributed by atoms with Crippen molar-refractivity contribution in [1.29, 1.82) is 0 Å². The molecule has 3 nitrogen and oxygen atoms in total. The molecule has 0 aromatic carbocycles. The molecule has 26 valence electrons. The molecule has 4 heavy (non-hydrogen) atoms. The standard InChI is InChI=1S/Ba.H2O2.H2O.2H/c;1-2;;;/h;1-2H;1H2;;. The summed E-state index contributed by atoms with van der Waals surface area (Å²) < 4.78 is 0. The molecule has 4 N–H and O–H groups in total. The summed E-state index contributed by atoms with van der Waals surface area (Å²) in [4.78, 5) is 0. The van der Waals surface area contributed by atoms with Crippen LogP contribution in [0.15, 0.2) is 0 Å². The Labute approximate surface area is 63.9 Å². The third kappa shape index (κ3) is 9.85. The first kappa shape index (κ1) is 18.0. The van der Waals surface area contributed by atoms with Crippen LogP contribution in [0, 0.1) is 0 Å². The monoisotopic (exact) mass is 192 g/mol. The summed E-state index contributed by atoms with van der Waals surface area (Å²) in [6, 6.07) is 0. The van der Waals surface area contributed by atoms with Crippen LogP contribution in [0.1, 0.15) is 0 Å². The van der Waals surface area contributed by atoms with Crippen molar-refractivity contribution in [2.75, 3.05) is 0 Å². The van der Waals surface area contributed by atoms with Gasteiger partial charge in [0.25, 0.3) is 0 Å². The van der Waals surface area contributed by atoms with Gasteiger partial charge in [-0.25, -0.2) is 0 Å². The molecule has 0 heterocycles. The van der Waals surface area contributed by atoms with Gasteiger partial charge in [0.15, 0.2) is 0 Å². The molecule has 0 saturated heterocycles. The van der Waals surface area contributed by atoms with Crippen LogP contribution in [0.4, 0.5) is 0 Å². The Hall–Kier alpha value is 1.45. The van der Waals surface area contributed by atoms with Crippen molar-refractivity contribution in [1.82, 2.24) is 0 Å². The molecule has 0 bridgehead atoms. The van der Waals surface area contributed by atoms with E-state index in [1.165, 1.54) is 0 Å². The van der Waals surface area contributed by atoms with E-state index in [1.54, 1.807) is 0 Å². The summed E-state index contributed by atoms with van der Waals surface area (Å²) in [7, 11) is 0. The van der Waals surface area contributed by atoms with Crippen molar-refractivity contribution in [3.63, 3.8) is 0 Å². The maximum atomic E-state index is 6.00. The van der Waals surface area contributed by atoms with Crippen molar-refractivity contribution in [2.24, 2.45) is 0 Å². The van der Waals surface area contributed by atoms with Crippen LogP contribution < -0.4 is 0 Å². The van der Waals surface area contributed by atoms with Crippen LogP contribution in [0.25, 0.3) is 0 Å². The molecule has 0 aromatic rings. The topological polar surface area (TPSA) is 72.0 Å². The van der Waals surface area contributed by atoms with Crippen LogP contribution in [0.5, 0.6) is 0 Å². The predicted octanol–water partition coefficient (Wildman–Crippen LogP) is -1.72. The first-order valence-corrected chi connectivity index (χ1v) is 0.200. The molecule has 0 atom stereocenters. The number of hydrogen-bond donors (Lipinski definition) is 2. The Morgan fingerprint density at radius 3 is 1.00 bits per heavy atom. The maximum absolute atomic E-state index is 6.00. The van der Waals surface area contributed by atoms with E-state index in [1.807, 2.05) is 0 Å². The Balaban J connectivity index is -0.00000000500. The molecule has 0 aliphatic heterocycles. The summed E-state index contributed by atoms with van der Waals surface area (Å²) >= 11 is 0. The second kappa shape index (κ2) is 25.2. The van der Waals surface area contributed by atoms with E-state index in [0.29, 0.717) is 0 Å². The van der Waals surface area contributed by atoms with Gasteiger partial charge in [0.2, 0.25) is 0 Å². The molecular formula is H6BaO3. The van der Waals surface area contributed by atoms with Gasteiger partial charge in [-0.05, 0) is 0 Å². The van der Waals surface area contributed by atoms with Gasteiger partial charge >= 0.3 is 48.9 Å². The molecule has 0 aliphatic rings. The molecule has 0 saturated carbocycles. The zero-order valence-corrected chi connectivity index (χ0v) is 1.39. The van der Waals surface area contributed by atoms with Crippen LogP contribution in [0.3, 0.4) is 0 Å². The minimum atomic E-state index is 0. The first-order chi connectivity index (χ1) is 1.00. The Morgan fingerprint density at radius 1 is 1.00 bits per heavy atom. The fourth-order valence-electron chi connectivity index (χ4n) is 0. The number of hydrogen-bond acceptors (Lipinski definition) is 2. The third-order valence-electron chi connectivity index (χ3n) is 0. The fourth-order valence-corrected chi connectivity index (χ4v) is 0. The summed E-state index contributed by atoms with van der Waals surface area (Å²) in [5, 5.41) is 12.0. The summed E-state index contributed by atoms with van der Waals surface area (Å²) in [5.74, 6) is 0. The zero-order chi connectivity index (χ0) is 2.00. The summed E-state index contributed by atoms with van der Waals surface area (Å²) in [5.41, 5.74) is 0. The number of rotatable bonds is 0. The molecule has 0 rings (SSSR count). The van der Waals surface area contributed by atoms with E-state index in [9.17, 15) is 0 Å². The van der Waals surface area contributed by atoms with Crippen LogP contribution in [-0.2, 0) is 0 Å². The van der Waals surface area contributed by atoms with Crippen molar-refractivity contribution in [2.45, 2.75) is 0 Å². The predicted molar refractivity (Wildman–Crippen MR) is 17.4 cm³/mol. The zero-order valence-electron chi connectivity index (χ0n) is 1.39. The van der Waals surface area contributed by atoms with Crippen molar-refractivity contribution < 1.29 is 16.0 Å². The molecule has 0 unspecified atom stereocenters. The molecule has 4 heteroatoms. The van der Waals surface area contributed by atoms with E-state index in [-0.39, 0.29) is 54.4 Å². The molecule has 0 aromatic heterocycles. The van der Waals surface area contributed by atoms with Gasteiger partial charge in [-0.3, -0.25) is 10.5 Å². The van der Waals surface area contributed by atoms with Crippen molar-refractivity contribution in [3.05, 3.63) is 0 Å². The van der Waals surface area contributed by atoms with Gasteiger partial charge in [0.05, 0.1) is 0 Å². The average Bonchev–Trinajstić information content (AvgIpc) is 1.00. The van der Waals surface area contributed by atoms with E-state index in [4.69, 9.17) is 10.5 Å². The normalized spacial score (nSPS) is 1.50. The van der Waals surface area contributed by atoms with Gasteiger partial charge in [0.1, 0.15) is 0 Å². The van der Waals surface area contributed by atoms with Crippen LogP contribution in [-0.4, -0.2) is 64.9 Å². The minimum absolute atomic E-state index is 0. The van der Waals surface area contributed by atoms with E-state index >= 15 is 0 Å². The summed E-state index contributed by atoms with van der Waals surface area (Å²) in [6.07, 6.45) is 0. The molecule has 0 radical (unpaired) electrons. The van der Waals surface area contributed by atoms with Crippen molar-refractivity contribution >= 4 is 48.9 Å². The van der Waals surface area contributed by atoms with E-state index in [0.717, 1.165) is 0 Å². The third-order valence-corrected chi connectivity index (χ3v) is 0. The average molecular weight is 191 g/mol. The Morgan fingerprint density at radius 2 is 1.00 bits per heavy atom. The quantitative estimate of drug-likeness (QED) is 0.271. The molecule has 0 fully saturated rings. The second-order valence-electron chi connectivity index (χ2n) is 0. The van der Waals surface area contributed by atoms with Gasteiger partial charge in [0, 0.05) is 0 Å². The van der Waals surface area contributed by atoms with Crippen LogP contribution >= 0.6 is 0 Å². The molecule has 0 spiro atoms. The second-order valence-corrected chi connectivity index (χ2v) is 0. The molecule has 0 aliphatic carbocycles. The van der Waals surface area contributed by atoms with Crippen LogP contribution in [0.2, 0.25) is 0 Å². The van der Waals surface area contributed by atoms with Crippen molar-refractivity contribution in [3.8, 4) is 0 Å². The Bertz CT molecular complexity index is 3.25. The Kier molecular flexibility index (Phi) is 113. The van der Waals surface area contributed by atoms with E-state index in [2.05, 4.69) is 0 Å². The van der Waals surface area contributed by atoms with Gasteiger partial charge < -0.3 is 5.48 Å². The fraction of sp³-hybridized carbons (Fsp3) is 0. The molecule has 0 amide bonds. The van der Waals surface area contributed by atoms with E-state index < -0.39 is 0 Å². The SMILES string of the molecule is O.OO.[BaH2]. The van der Waals surface area contributed by atoms with Gasteiger partial charge in [-0.2, -0.15) is 0 Å². The van der Waals surface area contributed by atoms with Gasteiger partial charge in [-0.15, -0.1) is 0 Å².